The lowest BCUT2D eigenvalue weighted by molar-refractivity contribution is 0.0987. The van der Waals surface area contributed by atoms with E-state index in [0.717, 1.165) is 31.9 Å². The number of carbonyl (C=O) groups is 1. The van der Waals surface area contributed by atoms with Crippen LogP contribution in [0.5, 0.6) is 0 Å². The largest absolute Gasteiger partial charge is 0.437 e. The van der Waals surface area contributed by atoms with Gasteiger partial charge in [0, 0.05) is 32.6 Å². The Bertz CT molecular complexity index is 358. The Balaban J connectivity index is 2.70. The number of ketones is 1. The summed E-state index contributed by atoms with van der Waals surface area (Å²) in [5.41, 5.74) is 0. The molecule has 0 aliphatic carbocycles. The van der Waals surface area contributed by atoms with Gasteiger partial charge in [-0.05, 0) is 26.6 Å². The normalized spacial score (nSPS) is 10.9. The van der Waals surface area contributed by atoms with E-state index in [1.165, 1.54) is 6.92 Å². The zero-order chi connectivity index (χ0) is 12.8. The van der Waals surface area contributed by atoms with Gasteiger partial charge in [-0.3, -0.25) is 4.79 Å². The molecule has 96 valence electrons. The van der Waals surface area contributed by atoms with Gasteiger partial charge in [-0.25, -0.2) is 0 Å². The van der Waals surface area contributed by atoms with Crippen molar-refractivity contribution in [3.8, 4) is 0 Å². The second-order valence-corrected chi connectivity index (χ2v) is 4.48. The summed E-state index contributed by atoms with van der Waals surface area (Å²) in [6, 6.07) is 3.62. The van der Waals surface area contributed by atoms with Crippen LogP contribution < -0.4 is 4.90 Å². The van der Waals surface area contributed by atoms with E-state index in [1.807, 2.05) is 20.2 Å². The van der Waals surface area contributed by atoms with Crippen LogP contribution in [0.3, 0.4) is 0 Å². The van der Waals surface area contributed by atoms with E-state index in [1.54, 1.807) is 6.07 Å². The maximum atomic E-state index is 11.2. The van der Waals surface area contributed by atoms with Crippen molar-refractivity contribution in [2.45, 2.75) is 20.3 Å². The van der Waals surface area contributed by atoms with Crippen molar-refractivity contribution < 1.29 is 9.21 Å². The van der Waals surface area contributed by atoms with E-state index in [0.29, 0.717) is 5.76 Å². The van der Waals surface area contributed by atoms with Crippen molar-refractivity contribution in [1.82, 2.24) is 4.90 Å². The molecular weight excluding hydrogens is 216 g/mol. The lowest BCUT2D eigenvalue weighted by Crippen LogP contribution is -2.32. The second kappa shape index (κ2) is 6.45. The van der Waals surface area contributed by atoms with E-state index in [9.17, 15) is 4.79 Å². The van der Waals surface area contributed by atoms with Crippen LogP contribution >= 0.6 is 0 Å². The lowest BCUT2D eigenvalue weighted by atomic mass is 10.3. The van der Waals surface area contributed by atoms with Crippen molar-refractivity contribution in [3.63, 3.8) is 0 Å². The molecule has 0 N–H and O–H groups in total. The Morgan fingerprint density at radius 1 is 1.24 bits per heavy atom. The van der Waals surface area contributed by atoms with Crippen LogP contribution in [0.1, 0.15) is 30.8 Å². The van der Waals surface area contributed by atoms with E-state index < -0.39 is 0 Å². The number of anilines is 1. The van der Waals surface area contributed by atoms with Gasteiger partial charge in [0.15, 0.2) is 17.4 Å². The molecule has 0 radical (unpaired) electrons. The summed E-state index contributed by atoms with van der Waals surface area (Å²) in [6.07, 6.45) is 1.06. The van der Waals surface area contributed by atoms with E-state index >= 15 is 0 Å². The van der Waals surface area contributed by atoms with Crippen LogP contribution in [0.25, 0.3) is 0 Å². The van der Waals surface area contributed by atoms with Crippen molar-refractivity contribution in [2.24, 2.45) is 0 Å². The van der Waals surface area contributed by atoms with Gasteiger partial charge in [0.25, 0.3) is 0 Å². The quantitative estimate of drug-likeness (QED) is 0.683. The molecular formula is C13H22N2O2. The number of nitrogens with zero attached hydrogens (tertiary/aromatic N) is 2. The topological polar surface area (TPSA) is 36.7 Å². The van der Waals surface area contributed by atoms with Gasteiger partial charge in [0.1, 0.15) is 0 Å². The number of furan rings is 1. The molecule has 0 bridgehead atoms. The zero-order valence-corrected chi connectivity index (χ0v) is 11.2. The molecule has 17 heavy (non-hydrogen) atoms. The molecule has 0 atom stereocenters. The number of carbonyl (C=O) groups excluding carboxylic acids is 1. The lowest BCUT2D eigenvalue weighted by Gasteiger charge is -2.23. The SMILES string of the molecule is CCCN(CCN(C)C)c1ccc(C(C)=O)o1. The summed E-state index contributed by atoms with van der Waals surface area (Å²) in [7, 11) is 4.10. The standard InChI is InChI=1S/C13H22N2O2/c1-5-8-15(10-9-14(3)4)13-7-6-12(17-13)11(2)16/h6-7H,5,8-10H2,1-4H3. The predicted molar refractivity (Wildman–Crippen MR) is 69.8 cm³/mol. The van der Waals surface area contributed by atoms with Crippen LogP contribution in [-0.4, -0.2) is 44.4 Å². The van der Waals surface area contributed by atoms with Crippen LogP contribution in [0.4, 0.5) is 5.88 Å². The van der Waals surface area contributed by atoms with Gasteiger partial charge in [0.2, 0.25) is 0 Å². The van der Waals surface area contributed by atoms with Crippen LogP contribution in [0.15, 0.2) is 16.5 Å². The third-order valence-electron chi connectivity index (χ3n) is 2.56. The third kappa shape index (κ3) is 4.23. The molecule has 1 aromatic rings. The highest BCUT2D eigenvalue weighted by Crippen LogP contribution is 2.19. The van der Waals surface area contributed by atoms with Crippen molar-refractivity contribution >= 4 is 11.7 Å². The Morgan fingerprint density at radius 3 is 2.41 bits per heavy atom. The van der Waals surface area contributed by atoms with Gasteiger partial charge in [-0.15, -0.1) is 0 Å². The minimum atomic E-state index is -0.0275. The van der Waals surface area contributed by atoms with Gasteiger partial charge < -0.3 is 14.2 Å². The first-order chi connectivity index (χ1) is 8.04. The predicted octanol–water partition coefficient (Wildman–Crippen LogP) is 2.26. The molecule has 1 rings (SSSR count). The van der Waals surface area contributed by atoms with Gasteiger partial charge >= 0.3 is 0 Å². The molecule has 0 saturated heterocycles. The highest BCUT2D eigenvalue weighted by Gasteiger charge is 2.12. The van der Waals surface area contributed by atoms with Crippen molar-refractivity contribution in [1.29, 1.82) is 0 Å². The maximum Gasteiger partial charge on any atom is 0.196 e. The van der Waals surface area contributed by atoms with Crippen LogP contribution in [0, 0.1) is 0 Å². The molecule has 0 aromatic carbocycles. The molecule has 4 nitrogen and oxygen atoms in total. The van der Waals surface area contributed by atoms with Gasteiger partial charge in [0.05, 0.1) is 0 Å². The zero-order valence-electron chi connectivity index (χ0n) is 11.2. The molecule has 4 heteroatoms. The summed E-state index contributed by atoms with van der Waals surface area (Å²) in [4.78, 5) is 15.5. The second-order valence-electron chi connectivity index (χ2n) is 4.48. The minimum absolute atomic E-state index is 0.0275. The Morgan fingerprint density at radius 2 is 1.94 bits per heavy atom. The molecule has 0 aliphatic rings. The smallest absolute Gasteiger partial charge is 0.196 e. The molecule has 0 amide bonds. The summed E-state index contributed by atoms with van der Waals surface area (Å²) in [5.74, 6) is 1.20. The maximum absolute atomic E-state index is 11.2. The van der Waals surface area contributed by atoms with E-state index in [-0.39, 0.29) is 5.78 Å². The average molecular weight is 238 g/mol. The van der Waals surface area contributed by atoms with Crippen molar-refractivity contribution in [2.75, 3.05) is 38.6 Å². The summed E-state index contributed by atoms with van der Waals surface area (Å²) in [6.45, 7) is 6.48. The number of rotatable bonds is 7. The molecule has 0 unspecified atom stereocenters. The highest BCUT2D eigenvalue weighted by molar-refractivity contribution is 5.91. The number of likely N-dealkylation sites (N-methyl/N-ethyl adjacent to an activating group) is 1. The minimum Gasteiger partial charge on any atom is -0.437 e. The summed E-state index contributed by atoms with van der Waals surface area (Å²) in [5, 5.41) is 0. The first-order valence-corrected chi connectivity index (χ1v) is 6.05. The first kappa shape index (κ1) is 13.8. The molecule has 1 aromatic heterocycles. The molecule has 0 saturated carbocycles. The molecule has 0 aliphatic heterocycles. The third-order valence-corrected chi connectivity index (χ3v) is 2.56. The number of Topliss-reactive ketones (excluding diaryl/α,β-unsaturated/α-hetero) is 1. The average Bonchev–Trinajstić information content (AvgIpc) is 2.73. The van der Waals surface area contributed by atoms with E-state index in [2.05, 4.69) is 16.7 Å². The van der Waals surface area contributed by atoms with Gasteiger partial charge in [-0.2, -0.15) is 0 Å². The molecule has 1 heterocycles. The monoisotopic (exact) mass is 238 g/mol. The summed E-state index contributed by atoms with van der Waals surface area (Å²) >= 11 is 0. The van der Waals surface area contributed by atoms with E-state index in [4.69, 9.17) is 4.42 Å². The van der Waals surface area contributed by atoms with Crippen LogP contribution in [0.2, 0.25) is 0 Å². The van der Waals surface area contributed by atoms with Crippen molar-refractivity contribution in [3.05, 3.63) is 17.9 Å². The molecule has 0 fully saturated rings. The molecule has 0 spiro atoms. The fourth-order valence-corrected chi connectivity index (χ4v) is 1.61. The fraction of sp³-hybridized carbons (Fsp3) is 0.615. The Hall–Kier alpha value is -1.29. The fourth-order valence-electron chi connectivity index (χ4n) is 1.61. The Kier molecular flexibility index (Phi) is 5.22. The first-order valence-electron chi connectivity index (χ1n) is 6.05. The van der Waals surface area contributed by atoms with Crippen LogP contribution in [-0.2, 0) is 0 Å². The Labute approximate surface area is 103 Å². The number of hydrogen-bond acceptors (Lipinski definition) is 4. The highest BCUT2D eigenvalue weighted by atomic mass is 16.4. The number of hydrogen-bond donors (Lipinski definition) is 0. The summed E-state index contributed by atoms with van der Waals surface area (Å²) < 4.78 is 5.55. The van der Waals surface area contributed by atoms with Gasteiger partial charge in [-0.1, -0.05) is 6.92 Å².